The Hall–Kier alpha value is -0.0105. The van der Waals surface area contributed by atoms with Crippen molar-refractivity contribution in [1.82, 2.24) is 0 Å². The summed E-state index contributed by atoms with van der Waals surface area (Å²) in [6.07, 6.45) is 0. The molecule has 0 fully saturated rings. The minimum atomic E-state index is -0.301. The molecule has 0 aliphatic heterocycles. The molecule has 0 atom stereocenters. The third kappa shape index (κ3) is 3.99. The van der Waals surface area contributed by atoms with Gasteiger partial charge in [-0.25, -0.2) is 0 Å². The first-order chi connectivity index (χ1) is 2.27. The summed E-state index contributed by atoms with van der Waals surface area (Å²) in [6.45, 7) is 1.33. The molecule has 3 heteroatoms. The van der Waals surface area contributed by atoms with Gasteiger partial charge in [0.1, 0.15) is 0 Å². The van der Waals surface area contributed by atoms with Crippen LogP contribution in [0.3, 0.4) is 0 Å². The molecule has 0 aliphatic carbocycles. The van der Waals surface area contributed by atoms with Gasteiger partial charge in [-0.1, -0.05) is 0 Å². The Kier molecular flexibility index (Phi) is 2.24. The van der Waals surface area contributed by atoms with Gasteiger partial charge in [0.15, 0.2) is 0 Å². The van der Waals surface area contributed by atoms with E-state index < -0.39 is 0 Å². The van der Waals surface area contributed by atoms with Crippen molar-refractivity contribution in [2.24, 2.45) is 0 Å². The Morgan fingerprint density at radius 3 is 2.20 bits per heavy atom. The van der Waals surface area contributed by atoms with Crippen LogP contribution in [0.25, 0.3) is 0 Å². The summed E-state index contributed by atoms with van der Waals surface area (Å²) in [5, 5.41) is 0. The van der Waals surface area contributed by atoms with Crippen LogP contribution < -0.4 is 0 Å². The predicted octanol–water partition coefficient (Wildman–Crippen LogP) is -0.367. The molecule has 0 unspecified atom stereocenters. The average molecular weight is 138 g/mol. The summed E-state index contributed by atoms with van der Waals surface area (Å²) in [4.78, 5) is 9.56. The first-order valence-corrected chi connectivity index (χ1v) is 1.77. The quantitative estimate of drug-likeness (QED) is 0.427. The molecule has 0 aromatic heterocycles. The maximum atomic E-state index is 9.56. The van der Waals surface area contributed by atoms with Crippen molar-refractivity contribution >= 4 is 22.3 Å². The molecule has 0 rings (SSSR count). The fourth-order valence-corrected chi connectivity index (χ4v) is 0. The standard InChI is InChI=1S/C2H3O2Se/c1-2(3)4-5/h1H3. The number of hydrogen-bond acceptors (Lipinski definition) is 2. The van der Waals surface area contributed by atoms with Gasteiger partial charge in [0.2, 0.25) is 0 Å². The number of hydrogen-bond donors (Lipinski definition) is 0. The van der Waals surface area contributed by atoms with Crippen molar-refractivity contribution in [1.29, 1.82) is 0 Å². The van der Waals surface area contributed by atoms with Gasteiger partial charge >= 0.3 is 37.8 Å². The van der Waals surface area contributed by atoms with Gasteiger partial charge in [-0.15, -0.1) is 0 Å². The molecule has 0 amide bonds. The van der Waals surface area contributed by atoms with E-state index in [1.165, 1.54) is 6.92 Å². The van der Waals surface area contributed by atoms with Crippen LogP contribution in [0, 0.1) is 0 Å². The monoisotopic (exact) mass is 139 g/mol. The molecule has 2 nitrogen and oxygen atoms in total. The Morgan fingerprint density at radius 1 is 2.00 bits per heavy atom. The van der Waals surface area contributed by atoms with Crippen molar-refractivity contribution in [3.8, 4) is 0 Å². The molecule has 0 spiro atoms. The second kappa shape index (κ2) is 2.24. The van der Waals surface area contributed by atoms with E-state index in [4.69, 9.17) is 0 Å². The van der Waals surface area contributed by atoms with Crippen LogP contribution in [0.15, 0.2) is 0 Å². The number of carbonyl (C=O) groups excluding carboxylic acids is 1. The van der Waals surface area contributed by atoms with E-state index in [2.05, 4.69) is 20.2 Å². The van der Waals surface area contributed by atoms with Crippen LogP contribution in [-0.4, -0.2) is 22.3 Å². The summed E-state index contributed by atoms with van der Waals surface area (Å²) in [6, 6.07) is 0. The SMILES string of the molecule is CC(=O)O[Se]. The molecule has 0 saturated carbocycles. The first kappa shape index (κ1) is 4.99. The molecular formula is C2H3O2Se. The maximum absolute atomic E-state index is 9.56. The second-order valence-corrected chi connectivity index (χ2v) is 0.925. The number of rotatable bonds is 0. The Balaban J connectivity index is 2.85. The zero-order valence-corrected chi connectivity index (χ0v) is 4.44. The van der Waals surface area contributed by atoms with E-state index in [1.807, 2.05) is 0 Å². The van der Waals surface area contributed by atoms with E-state index in [-0.39, 0.29) is 5.97 Å². The third-order valence-electron chi connectivity index (χ3n) is 0.117. The van der Waals surface area contributed by atoms with Gasteiger partial charge in [-0.3, -0.25) is 0 Å². The van der Waals surface area contributed by atoms with Crippen LogP contribution in [0.5, 0.6) is 0 Å². The van der Waals surface area contributed by atoms with Crippen molar-refractivity contribution < 1.29 is 8.61 Å². The molecule has 0 saturated heterocycles. The molecule has 0 heterocycles. The molecular weight excluding hydrogens is 135 g/mol. The molecule has 1 radical (unpaired) electrons. The van der Waals surface area contributed by atoms with Crippen LogP contribution in [0.2, 0.25) is 0 Å². The van der Waals surface area contributed by atoms with Crippen molar-refractivity contribution in [3.63, 3.8) is 0 Å². The minimum absolute atomic E-state index is 0.301. The topological polar surface area (TPSA) is 26.3 Å². The fraction of sp³-hybridized carbons (Fsp3) is 0.500. The van der Waals surface area contributed by atoms with E-state index in [0.717, 1.165) is 0 Å². The predicted molar refractivity (Wildman–Crippen MR) is 17.5 cm³/mol. The zero-order valence-electron chi connectivity index (χ0n) is 2.72. The van der Waals surface area contributed by atoms with E-state index >= 15 is 0 Å². The molecule has 5 heavy (non-hydrogen) atoms. The van der Waals surface area contributed by atoms with Crippen molar-refractivity contribution in [2.75, 3.05) is 0 Å². The summed E-state index contributed by atoms with van der Waals surface area (Å²) >= 11 is 2.09. The van der Waals surface area contributed by atoms with Gasteiger partial charge in [0.05, 0.1) is 0 Å². The summed E-state index contributed by atoms with van der Waals surface area (Å²) < 4.78 is 3.99. The van der Waals surface area contributed by atoms with Crippen molar-refractivity contribution in [3.05, 3.63) is 0 Å². The molecule has 0 aliphatic rings. The van der Waals surface area contributed by atoms with Gasteiger partial charge in [0, 0.05) is 0 Å². The Bertz CT molecular complexity index is 42.9. The Morgan fingerprint density at radius 2 is 2.20 bits per heavy atom. The van der Waals surface area contributed by atoms with Crippen LogP contribution in [0.1, 0.15) is 6.92 Å². The van der Waals surface area contributed by atoms with Gasteiger partial charge in [-0.2, -0.15) is 0 Å². The van der Waals surface area contributed by atoms with Crippen LogP contribution in [0.4, 0.5) is 0 Å². The summed E-state index contributed by atoms with van der Waals surface area (Å²) in [5.41, 5.74) is 0. The van der Waals surface area contributed by atoms with Crippen molar-refractivity contribution in [2.45, 2.75) is 6.92 Å². The van der Waals surface area contributed by atoms with Crippen LogP contribution >= 0.6 is 0 Å². The average Bonchev–Trinajstić information content (AvgIpc) is 1.38. The summed E-state index contributed by atoms with van der Waals surface area (Å²) in [5.74, 6) is -0.301. The first-order valence-electron chi connectivity index (χ1n) is 1.07. The van der Waals surface area contributed by atoms with Crippen LogP contribution in [-0.2, 0) is 8.61 Å². The summed E-state index contributed by atoms with van der Waals surface area (Å²) in [7, 11) is 0. The van der Waals surface area contributed by atoms with E-state index in [0.29, 0.717) is 0 Å². The second-order valence-electron chi connectivity index (χ2n) is 0.575. The third-order valence-corrected chi connectivity index (χ3v) is 0.610. The van der Waals surface area contributed by atoms with Gasteiger partial charge < -0.3 is 0 Å². The van der Waals surface area contributed by atoms with Gasteiger partial charge in [-0.05, 0) is 0 Å². The molecule has 29 valence electrons. The molecule has 0 bridgehead atoms. The van der Waals surface area contributed by atoms with E-state index in [1.54, 1.807) is 0 Å². The molecule has 0 aromatic rings. The fourth-order valence-electron chi connectivity index (χ4n) is 0. The Labute approximate surface area is 38.6 Å². The number of carbonyl (C=O) groups is 1. The zero-order chi connectivity index (χ0) is 4.28. The van der Waals surface area contributed by atoms with E-state index in [9.17, 15) is 4.79 Å². The molecule has 0 aromatic carbocycles. The normalized spacial score (nSPS) is 6.80. The molecule has 0 N–H and O–H groups in total. The van der Waals surface area contributed by atoms with Gasteiger partial charge in [0.25, 0.3) is 0 Å².